The van der Waals surface area contributed by atoms with Gasteiger partial charge in [0.2, 0.25) is 5.88 Å². The molecule has 1 aliphatic rings. The third-order valence-electron chi connectivity index (χ3n) is 3.57. The Morgan fingerprint density at radius 3 is 2.82 bits per heavy atom. The van der Waals surface area contributed by atoms with Gasteiger partial charge in [-0.3, -0.25) is 4.79 Å². The van der Waals surface area contributed by atoms with Crippen molar-refractivity contribution in [1.82, 2.24) is 4.98 Å². The van der Waals surface area contributed by atoms with E-state index in [-0.39, 0.29) is 17.0 Å². The van der Waals surface area contributed by atoms with Gasteiger partial charge in [-0.25, -0.2) is 0 Å². The largest absolute Gasteiger partial charge is 0.440 e. The SMILES string of the molecule is Cc1cc2c(c(=O)[nH]1)[C@H](c1ccccc1Br)C(C#N)=C(N)O2. The molecule has 5 nitrogen and oxygen atoms in total. The summed E-state index contributed by atoms with van der Waals surface area (Å²) in [4.78, 5) is 15.2. The lowest BCUT2D eigenvalue weighted by Crippen LogP contribution is -2.28. The van der Waals surface area contributed by atoms with Crippen LogP contribution in [0.5, 0.6) is 5.75 Å². The van der Waals surface area contributed by atoms with Crippen molar-refractivity contribution in [2.45, 2.75) is 12.8 Å². The van der Waals surface area contributed by atoms with E-state index in [0.29, 0.717) is 17.0 Å². The maximum atomic E-state index is 12.4. The van der Waals surface area contributed by atoms with E-state index in [1.165, 1.54) is 0 Å². The van der Waals surface area contributed by atoms with Gasteiger partial charge in [-0.2, -0.15) is 5.26 Å². The van der Waals surface area contributed by atoms with Crippen LogP contribution < -0.4 is 16.0 Å². The number of nitrogens with two attached hydrogens (primary N) is 1. The predicted octanol–water partition coefficient (Wildman–Crippen LogP) is 2.66. The summed E-state index contributed by atoms with van der Waals surface area (Å²) in [6, 6.07) is 11.2. The zero-order valence-electron chi connectivity index (χ0n) is 11.7. The number of hydrogen-bond donors (Lipinski definition) is 2. The summed E-state index contributed by atoms with van der Waals surface area (Å²) < 4.78 is 6.29. The first-order chi connectivity index (χ1) is 10.5. The van der Waals surface area contributed by atoms with Crippen LogP contribution in [-0.4, -0.2) is 4.98 Å². The highest BCUT2D eigenvalue weighted by Gasteiger charge is 2.34. The second kappa shape index (κ2) is 5.35. The Morgan fingerprint density at radius 2 is 2.14 bits per heavy atom. The lowest BCUT2D eigenvalue weighted by atomic mass is 9.84. The molecule has 6 heteroatoms. The third-order valence-corrected chi connectivity index (χ3v) is 4.29. The number of pyridine rings is 1. The van der Waals surface area contributed by atoms with Crippen molar-refractivity contribution >= 4 is 15.9 Å². The zero-order chi connectivity index (χ0) is 15.9. The first kappa shape index (κ1) is 14.4. The summed E-state index contributed by atoms with van der Waals surface area (Å²) >= 11 is 3.47. The molecule has 2 heterocycles. The van der Waals surface area contributed by atoms with Crippen molar-refractivity contribution < 1.29 is 4.74 Å². The number of ether oxygens (including phenoxy) is 1. The molecule has 0 radical (unpaired) electrons. The molecule has 0 amide bonds. The molecule has 0 bridgehead atoms. The molecule has 3 N–H and O–H groups in total. The molecule has 2 aromatic rings. The number of nitrogens with one attached hydrogen (secondary N) is 1. The van der Waals surface area contributed by atoms with Crippen molar-refractivity contribution in [3.05, 3.63) is 73.4 Å². The van der Waals surface area contributed by atoms with Crippen molar-refractivity contribution in [1.29, 1.82) is 5.26 Å². The number of fused-ring (bicyclic) bond motifs is 1. The number of nitriles is 1. The minimum Gasteiger partial charge on any atom is -0.440 e. The average molecular weight is 358 g/mol. The van der Waals surface area contributed by atoms with Crippen LogP contribution in [0.3, 0.4) is 0 Å². The van der Waals surface area contributed by atoms with Crippen LogP contribution in [0.4, 0.5) is 0 Å². The summed E-state index contributed by atoms with van der Waals surface area (Å²) in [6.07, 6.45) is 0. The quantitative estimate of drug-likeness (QED) is 0.820. The summed E-state index contributed by atoms with van der Waals surface area (Å²) in [5.74, 6) is -0.145. The molecule has 110 valence electrons. The zero-order valence-corrected chi connectivity index (χ0v) is 13.3. The van der Waals surface area contributed by atoms with Crippen LogP contribution in [-0.2, 0) is 0 Å². The molecule has 1 aliphatic heterocycles. The van der Waals surface area contributed by atoms with Crippen molar-refractivity contribution in [2.75, 3.05) is 0 Å². The fourth-order valence-corrected chi connectivity index (χ4v) is 3.14. The molecule has 0 saturated carbocycles. The Balaban J connectivity index is 2.35. The first-order valence-corrected chi connectivity index (χ1v) is 7.38. The maximum Gasteiger partial charge on any atom is 0.256 e. The van der Waals surface area contributed by atoms with Gasteiger partial charge in [0.15, 0.2) is 0 Å². The number of aryl methyl sites for hydroxylation is 1. The number of nitrogens with zero attached hydrogens (tertiary/aromatic N) is 1. The molecule has 0 aliphatic carbocycles. The van der Waals surface area contributed by atoms with Crippen LogP contribution in [0.1, 0.15) is 22.7 Å². The van der Waals surface area contributed by atoms with Crippen LogP contribution >= 0.6 is 15.9 Å². The fraction of sp³-hybridized carbons (Fsp3) is 0.125. The summed E-state index contributed by atoms with van der Waals surface area (Å²) in [5.41, 5.74) is 7.69. The molecule has 0 fully saturated rings. The van der Waals surface area contributed by atoms with Crippen LogP contribution in [0.25, 0.3) is 0 Å². The first-order valence-electron chi connectivity index (χ1n) is 6.58. The molecular weight excluding hydrogens is 346 g/mol. The molecule has 1 atom stereocenters. The van der Waals surface area contributed by atoms with Gasteiger partial charge in [0, 0.05) is 16.2 Å². The van der Waals surface area contributed by atoms with Crippen LogP contribution in [0, 0.1) is 18.3 Å². The third kappa shape index (κ3) is 2.20. The Bertz CT molecular complexity index is 893. The van der Waals surface area contributed by atoms with E-state index in [1.54, 1.807) is 13.0 Å². The van der Waals surface area contributed by atoms with E-state index < -0.39 is 5.92 Å². The highest BCUT2D eigenvalue weighted by Crippen LogP contribution is 2.42. The van der Waals surface area contributed by atoms with Crippen molar-refractivity contribution in [2.24, 2.45) is 5.73 Å². The number of halogens is 1. The number of benzene rings is 1. The molecular formula is C16H12BrN3O2. The van der Waals surface area contributed by atoms with E-state index in [4.69, 9.17) is 10.5 Å². The van der Waals surface area contributed by atoms with Crippen LogP contribution in [0.15, 0.2) is 51.1 Å². The number of aromatic amines is 1. The maximum absolute atomic E-state index is 12.4. The van der Waals surface area contributed by atoms with Crippen molar-refractivity contribution in [3.63, 3.8) is 0 Å². The number of allylic oxidation sites excluding steroid dienone is 1. The van der Waals surface area contributed by atoms with Gasteiger partial charge in [0.05, 0.1) is 11.5 Å². The number of hydrogen-bond acceptors (Lipinski definition) is 4. The van der Waals surface area contributed by atoms with Gasteiger partial charge in [0.1, 0.15) is 17.4 Å². The lowest BCUT2D eigenvalue weighted by molar-refractivity contribution is 0.391. The van der Waals surface area contributed by atoms with Crippen LogP contribution in [0.2, 0.25) is 0 Å². The molecule has 0 unspecified atom stereocenters. The van der Waals surface area contributed by atoms with Gasteiger partial charge in [-0.1, -0.05) is 34.1 Å². The van der Waals surface area contributed by atoms with Gasteiger partial charge in [-0.05, 0) is 18.6 Å². The minimum atomic E-state index is -0.561. The molecule has 0 spiro atoms. The predicted molar refractivity (Wildman–Crippen MR) is 85.2 cm³/mol. The Kier molecular flexibility index (Phi) is 3.51. The summed E-state index contributed by atoms with van der Waals surface area (Å²) in [7, 11) is 0. The van der Waals surface area contributed by atoms with E-state index in [0.717, 1.165) is 10.0 Å². The topological polar surface area (TPSA) is 91.9 Å². The van der Waals surface area contributed by atoms with E-state index in [9.17, 15) is 10.1 Å². The molecule has 1 aromatic heterocycles. The summed E-state index contributed by atoms with van der Waals surface area (Å²) in [5, 5.41) is 9.46. The Morgan fingerprint density at radius 1 is 1.41 bits per heavy atom. The molecule has 22 heavy (non-hydrogen) atoms. The normalized spacial score (nSPS) is 16.7. The van der Waals surface area contributed by atoms with Gasteiger partial charge in [-0.15, -0.1) is 0 Å². The Labute approximate surface area is 135 Å². The second-order valence-corrected chi connectivity index (χ2v) is 5.86. The van der Waals surface area contributed by atoms with Gasteiger partial charge < -0.3 is 15.5 Å². The number of aromatic nitrogens is 1. The second-order valence-electron chi connectivity index (χ2n) is 5.01. The van der Waals surface area contributed by atoms with Gasteiger partial charge in [0.25, 0.3) is 5.56 Å². The molecule has 3 rings (SSSR count). The summed E-state index contributed by atoms with van der Waals surface area (Å²) in [6.45, 7) is 1.76. The standard InChI is InChI=1S/C16H12BrN3O2/c1-8-6-12-14(16(21)20-8)13(10(7-18)15(19)22-12)9-4-2-3-5-11(9)17/h2-6,13H,19H2,1H3,(H,20,21)/t13-/m1/s1. The number of rotatable bonds is 1. The Hall–Kier alpha value is -2.52. The lowest BCUT2D eigenvalue weighted by Gasteiger charge is -2.26. The molecule has 1 aromatic carbocycles. The van der Waals surface area contributed by atoms with Gasteiger partial charge >= 0.3 is 0 Å². The number of H-pyrrole nitrogens is 1. The monoisotopic (exact) mass is 357 g/mol. The van der Waals surface area contributed by atoms with E-state index in [2.05, 4.69) is 27.0 Å². The minimum absolute atomic E-state index is 0.0285. The fourth-order valence-electron chi connectivity index (χ4n) is 2.63. The highest BCUT2D eigenvalue weighted by atomic mass is 79.9. The van der Waals surface area contributed by atoms with E-state index >= 15 is 0 Å². The average Bonchev–Trinajstić information content (AvgIpc) is 2.46. The highest BCUT2D eigenvalue weighted by molar-refractivity contribution is 9.10. The smallest absolute Gasteiger partial charge is 0.256 e. The van der Waals surface area contributed by atoms with Crippen molar-refractivity contribution in [3.8, 4) is 11.8 Å². The van der Waals surface area contributed by atoms with E-state index in [1.807, 2.05) is 24.3 Å². The molecule has 0 saturated heterocycles.